The molecule has 4 nitrogen and oxygen atoms in total. The van der Waals surface area contributed by atoms with Gasteiger partial charge in [-0.25, -0.2) is 0 Å². The number of hydrogen-bond acceptors (Lipinski definition) is 4. The van der Waals surface area contributed by atoms with Crippen molar-refractivity contribution in [3.8, 4) is 0 Å². The summed E-state index contributed by atoms with van der Waals surface area (Å²) < 4.78 is 4.54. The third-order valence-corrected chi connectivity index (χ3v) is 4.12. The molecule has 2 rings (SSSR count). The van der Waals surface area contributed by atoms with Crippen molar-refractivity contribution in [1.82, 2.24) is 5.32 Å². The Morgan fingerprint density at radius 3 is 2.67 bits per heavy atom. The SMILES string of the molecule is CC[C@@H]1CNC[C@@H]1C(=O)CBr.O=COCc1ccccc1. The lowest BCUT2D eigenvalue weighted by Gasteiger charge is -2.13. The monoisotopic (exact) mass is 355 g/mol. The molecule has 1 saturated heterocycles. The van der Waals surface area contributed by atoms with Gasteiger partial charge in [0.05, 0.1) is 5.33 Å². The zero-order valence-electron chi connectivity index (χ0n) is 12.3. The number of carbonyl (C=O) groups is 2. The van der Waals surface area contributed by atoms with E-state index in [9.17, 15) is 9.59 Å². The van der Waals surface area contributed by atoms with E-state index in [0.717, 1.165) is 25.1 Å². The highest BCUT2D eigenvalue weighted by atomic mass is 79.9. The Kier molecular flexibility index (Phi) is 8.94. The van der Waals surface area contributed by atoms with Gasteiger partial charge in [-0.1, -0.05) is 59.6 Å². The summed E-state index contributed by atoms with van der Waals surface area (Å²) in [5.41, 5.74) is 1.01. The standard InChI is InChI=1S/C8H14BrNO.C8H8O2/c1-2-6-4-10-5-7(6)8(11)3-9;9-7-10-6-8-4-2-1-3-5-8/h6-7,10H,2-5H2,1H3;1-5,7H,6H2/t6-,7+;/m1./s1. The first-order valence-corrected chi connectivity index (χ1v) is 8.23. The molecule has 116 valence electrons. The summed E-state index contributed by atoms with van der Waals surface area (Å²) in [7, 11) is 0. The van der Waals surface area contributed by atoms with Gasteiger partial charge in [0.15, 0.2) is 0 Å². The number of rotatable bonds is 6. The molecule has 1 fully saturated rings. The molecule has 0 radical (unpaired) electrons. The molecule has 1 aliphatic heterocycles. The molecule has 0 bridgehead atoms. The number of nitrogens with one attached hydrogen (secondary N) is 1. The number of hydrogen-bond donors (Lipinski definition) is 1. The van der Waals surface area contributed by atoms with Crippen LogP contribution in [0, 0.1) is 11.8 Å². The van der Waals surface area contributed by atoms with Crippen molar-refractivity contribution in [3.63, 3.8) is 0 Å². The van der Waals surface area contributed by atoms with Crippen LogP contribution in [0.1, 0.15) is 18.9 Å². The van der Waals surface area contributed by atoms with E-state index in [0.29, 0.717) is 30.1 Å². The average Bonchev–Trinajstić information content (AvgIpc) is 3.02. The smallest absolute Gasteiger partial charge is 0.293 e. The average molecular weight is 356 g/mol. The fourth-order valence-corrected chi connectivity index (χ4v) is 2.76. The van der Waals surface area contributed by atoms with Gasteiger partial charge in [0.25, 0.3) is 6.47 Å². The zero-order valence-corrected chi connectivity index (χ0v) is 13.8. The lowest BCUT2D eigenvalue weighted by atomic mass is 9.91. The van der Waals surface area contributed by atoms with Gasteiger partial charge >= 0.3 is 0 Å². The molecule has 0 amide bonds. The van der Waals surface area contributed by atoms with Gasteiger partial charge in [-0.3, -0.25) is 9.59 Å². The molecule has 21 heavy (non-hydrogen) atoms. The molecule has 1 aromatic carbocycles. The van der Waals surface area contributed by atoms with Crippen LogP contribution in [0.25, 0.3) is 0 Å². The van der Waals surface area contributed by atoms with E-state index in [1.165, 1.54) is 0 Å². The second-order valence-electron chi connectivity index (χ2n) is 4.93. The maximum Gasteiger partial charge on any atom is 0.293 e. The van der Waals surface area contributed by atoms with Crippen molar-refractivity contribution in [2.75, 3.05) is 18.4 Å². The Morgan fingerprint density at radius 2 is 2.10 bits per heavy atom. The largest absolute Gasteiger partial charge is 0.463 e. The van der Waals surface area contributed by atoms with E-state index >= 15 is 0 Å². The van der Waals surface area contributed by atoms with Gasteiger partial charge in [-0.15, -0.1) is 0 Å². The first-order valence-electron chi connectivity index (χ1n) is 7.11. The van der Waals surface area contributed by atoms with Crippen LogP contribution in [0.15, 0.2) is 30.3 Å². The van der Waals surface area contributed by atoms with Crippen molar-refractivity contribution in [2.45, 2.75) is 20.0 Å². The molecule has 1 aromatic rings. The van der Waals surface area contributed by atoms with Crippen molar-refractivity contribution in [2.24, 2.45) is 11.8 Å². The summed E-state index contributed by atoms with van der Waals surface area (Å²) >= 11 is 3.20. The topological polar surface area (TPSA) is 55.4 Å². The summed E-state index contributed by atoms with van der Waals surface area (Å²) in [4.78, 5) is 21.1. The predicted octanol–water partition coefficient (Wildman–Crippen LogP) is 2.56. The van der Waals surface area contributed by atoms with Gasteiger partial charge in [0.2, 0.25) is 0 Å². The number of carbonyl (C=O) groups excluding carboxylic acids is 2. The highest BCUT2D eigenvalue weighted by Gasteiger charge is 2.30. The molecule has 0 aliphatic carbocycles. The minimum absolute atomic E-state index is 0.263. The molecule has 1 N–H and O–H groups in total. The molecule has 0 saturated carbocycles. The highest BCUT2D eigenvalue weighted by Crippen LogP contribution is 2.21. The normalized spacial score (nSPS) is 20.3. The minimum Gasteiger partial charge on any atom is -0.463 e. The van der Waals surface area contributed by atoms with Gasteiger partial charge in [-0.2, -0.15) is 0 Å². The molecule has 0 unspecified atom stereocenters. The summed E-state index contributed by atoms with van der Waals surface area (Å²) in [5.74, 6) is 1.18. The van der Waals surface area contributed by atoms with Crippen LogP contribution in [0.2, 0.25) is 0 Å². The third kappa shape index (κ3) is 6.40. The van der Waals surface area contributed by atoms with E-state index in [1.807, 2.05) is 30.3 Å². The van der Waals surface area contributed by atoms with E-state index in [2.05, 4.69) is 32.9 Å². The van der Waals surface area contributed by atoms with Crippen LogP contribution in [-0.4, -0.2) is 30.7 Å². The molecule has 5 heteroatoms. The van der Waals surface area contributed by atoms with Gasteiger partial charge in [0, 0.05) is 12.5 Å². The van der Waals surface area contributed by atoms with Crippen molar-refractivity contribution < 1.29 is 14.3 Å². The number of alkyl halides is 1. The van der Waals surface area contributed by atoms with Crippen molar-refractivity contribution in [1.29, 1.82) is 0 Å². The van der Waals surface area contributed by atoms with Crippen LogP contribution in [0.3, 0.4) is 0 Å². The van der Waals surface area contributed by atoms with Crippen LogP contribution >= 0.6 is 15.9 Å². The second kappa shape index (κ2) is 10.5. The molecule has 1 heterocycles. The highest BCUT2D eigenvalue weighted by molar-refractivity contribution is 9.09. The van der Waals surface area contributed by atoms with Crippen LogP contribution in [0.5, 0.6) is 0 Å². The Balaban J connectivity index is 0.000000211. The summed E-state index contributed by atoms with van der Waals surface area (Å²) in [6.45, 7) is 4.85. The fraction of sp³-hybridized carbons (Fsp3) is 0.500. The van der Waals surface area contributed by atoms with E-state index in [4.69, 9.17) is 0 Å². The minimum atomic E-state index is 0.263. The molecular weight excluding hydrogens is 334 g/mol. The Bertz CT molecular complexity index is 425. The van der Waals surface area contributed by atoms with Crippen LogP contribution in [0.4, 0.5) is 0 Å². The van der Waals surface area contributed by atoms with Gasteiger partial charge in [-0.05, 0) is 18.0 Å². The predicted molar refractivity (Wildman–Crippen MR) is 86.2 cm³/mol. The Morgan fingerprint density at radius 1 is 1.38 bits per heavy atom. The second-order valence-corrected chi connectivity index (χ2v) is 5.49. The molecule has 1 aliphatic rings. The first-order chi connectivity index (χ1) is 10.2. The molecule has 2 atom stereocenters. The number of halogens is 1. The summed E-state index contributed by atoms with van der Waals surface area (Å²) in [5, 5.41) is 3.76. The van der Waals surface area contributed by atoms with Crippen molar-refractivity contribution >= 4 is 28.2 Å². The first kappa shape index (κ1) is 17.9. The van der Waals surface area contributed by atoms with Gasteiger partial charge < -0.3 is 10.1 Å². The third-order valence-electron chi connectivity index (χ3n) is 3.57. The number of benzene rings is 1. The number of Topliss-reactive ketones (excluding diaryl/α,β-unsaturated/α-hetero) is 1. The molecular formula is C16H22BrNO3. The van der Waals surface area contributed by atoms with E-state index in [1.54, 1.807) is 0 Å². The number of ketones is 1. The quantitative estimate of drug-likeness (QED) is 0.629. The van der Waals surface area contributed by atoms with Crippen LogP contribution in [-0.2, 0) is 20.9 Å². The fourth-order valence-electron chi connectivity index (χ4n) is 2.34. The lowest BCUT2D eigenvalue weighted by molar-refractivity contribution is -0.129. The van der Waals surface area contributed by atoms with E-state index in [-0.39, 0.29) is 5.92 Å². The van der Waals surface area contributed by atoms with E-state index < -0.39 is 0 Å². The maximum atomic E-state index is 11.3. The van der Waals surface area contributed by atoms with Gasteiger partial charge in [0.1, 0.15) is 12.4 Å². The lowest BCUT2D eigenvalue weighted by Crippen LogP contribution is -2.23. The zero-order chi connectivity index (χ0) is 15.5. The van der Waals surface area contributed by atoms with Crippen molar-refractivity contribution in [3.05, 3.63) is 35.9 Å². The van der Waals surface area contributed by atoms with Crippen LogP contribution < -0.4 is 5.32 Å². The summed E-state index contributed by atoms with van der Waals surface area (Å²) in [6.07, 6.45) is 1.11. The molecule has 0 aromatic heterocycles. The molecule has 0 spiro atoms. The summed E-state index contributed by atoms with van der Waals surface area (Å²) in [6, 6.07) is 9.55. The maximum absolute atomic E-state index is 11.3. The Labute approximate surface area is 134 Å². The Hall–Kier alpha value is -1.20. The number of ether oxygens (including phenoxy) is 1.